The van der Waals surface area contributed by atoms with E-state index in [9.17, 15) is 4.79 Å². The van der Waals surface area contributed by atoms with Crippen LogP contribution in [0.3, 0.4) is 0 Å². The molecule has 3 aromatic carbocycles. The molecule has 210 valence electrons. The zero-order valence-corrected chi connectivity index (χ0v) is 24.1. The molecule has 2 heterocycles. The molecule has 0 aliphatic heterocycles. The van der Waals surface area contributed by atoms with Gasteiger partial charge in [0.25, 0.3) is 0 Å². The van der Waals surface area contributed by atoms with Crippen LogP contribution in [0, 0.1) is 0 Å². The van der Waals surface area contributed by atoms with Crippen LogP contribution in [0.25, 0.3) is 10.9 Å². The number of pyridine rings is 1. The maximum Gasteiger partial charge on any atom is 0.338 e. The van der Waals surface area contributed by atoms with Crippen LogP contribution in [0.1, 0.15) is 33.0 Å². The Morgan fingerprint density at radius 2 is 1.78 bits per heavy atom. The van der Waals surface area contributed by atoms with E-state index in [1.54, 1.807) is 38.9 Å². The summed E-state index contributed by atoms with van der Waals surface area (Å²) in [4.78, 5) is 16.1. The molecular formula is C31H29Cl2N4O4+. The number of nitrogens with zero attached hydrogens (tertiary/aromatic N) is 1. The Hall–Kier alpha value is -4.27. The molecule has 0 fully saturated rings. The van der Waals surface area contributed by atoms with Crippen molar-refractivity contribution in [3.63, 3.8) is 0 Å². The number of halogens is 2. The number of nitrogens with one attached hydrogen (secondary N) is 3. The minimum atomic E-state index is -0.424. The largest absolute Gasteiger partial charge is 0.493 e. The molecular weight excluding hydrogens is 563 g/mol. The summed E-state index contributed by atoms with van der Waals surface area (Å²) in [5.41, 5.74) is 4.90. The zero-order valence-electron chi connectivity index (χ0n) is 22.5. The van der Waals surface area contributed by atoms with E-state index < -0.39 is 5.97 Å². The van der Waals surface area contributed by atoms with Crippen LogP contribution in [0.5, 0.6) is 11.5 Å². The van der Waals surface area contributed by atoms with Gasteiger partial charge in [0.05, 0.1) is 43.8 Å². The highest BCUT2D eigenvalue weighted by atomic mass is 35.5. The van der Waals surface area contributed by atoms with Crippen molar-refractivity contribution in [2.75, 3.05) is 26.1 Å². The zero-order chi connectivity index (χ0) is 28.8. The average Bonchev–Trinajstić information content (AvgIpc) is 3.49. The molecule has 0 spiro atoms. The number of anilines is 1. The predicted octanol–water partition coefficient (Wildman–Crippen LogP) is 6.50. The number of aromatic amines is 2. The minimum absolute atomic E-state index is 0.101. The summed E-state index contributed by atoms with van der Waals surface area (Å²) >= 11 is 12.9. The Morgan fingerprint density at radius 1 is 1.00 bits per heavy atom. The van der Waals surface area contributed by atoms with E-state index in [-0.39, 0.29) is 12.5 Å². The third-order valence-corrected chi connectivity index (χ3v) is 7.54. The summed E-state index contributed by atoms with van der Waals surface area (Å²) in [6.45, 7) is 0.624. The van der Waals surface area contributed by atoms with E-state index in [0.29, 0.717) is 40.1 Å². The molecule has 0 bridgehead atoms. The van der Waals surface area contributed by atoms with Gasteiger partial charge in [-0.15, -0.1) is 0 Å². The molecule has 5 aromatic rings. The fourth-order valence-corrected chi connectivity index (χ4v) is 5.21. The van der Waals surface area contributed by atoms with Crippen molar-refractivity contribution in [3.05, 3.63) is 112 Å². The molecule has 0 aliphatic rings. The second-order valence-electron chi connectivity index (χ2n) is 9.44. The molecule has 0 amide bonds. The Balaban J connectivity index is 1.32. The van der Waals surface area contributed by atoms with Crippen molar-refractivity contribution >= 4 is 45.8 Å². The molecule has 2 aromatic heterocycles. The van der Waals surface area contributed by atoms with Gasteiger partial charge in [-0.05, 0) is 47.9 Å². The highest BCUT2D eigenvalue weighted by Gasteiger charge is 2.22. The highest BCUT2D eigenvalue weighted by Crippen LogP contribution is 2.34. The van der Waals surface area contributed by atoms with Crippen LogP contribution >= 0.6 is 23.2 Å². The lowest BCUT2D eigenvalue weighted by Gasteiger charge is -2.20. The fraction of sp³-hybridized carbons (Fsp3) is 0.194. The Bertz CT molecular complexity index is 1650. The van der Waals surface area contributed by atoms with E-state index in [1.807, 2.05) is 54.6 Å². The van der Waals surface area contributed by atoms with Crippen LogP contribution in [-0.2, 0) is 17.7 Å². The second kappa shape index (κ2) is 12.9. The molecule has 0 saturated carbocycles. The minimum Gasteiger partial charge on any atom is -0.493 e. The van der Waals surface area contributed by atoms with Gasteiger partial charge < -0.3 is 19.5 Å². The molecule has 0 radical (unpaired) electrons. The third-order valence-electron chi connectivity index (χ3n) is 6.86. The average molecular weight is 593 g/mol. The van der Waals surface area contributed by atoms with E-state index in [1.165, 1.54) is 0 Å². The molecule has 1 atom stereocenters. The van der Waals surface area contributed by atoms with Crippen LogP contribution in [-0.4, -0.2) is 37.0 Å². The number of hydrogen-bond acceptors (Lipinski definition) is 6. The standard InChI is InChI=1S/C31H28Cl2N4O4/c1-39-28-10-9-20(13-29(28)40-2)23(12-24-25(32)16-34-17-26(24)33)18-41-31(38)21-6-3-5-19(11-21)14-35-27-8-4-7-22-15-36-37-30(22)27/h3-11,13,15-17,23,35H,12,14,18H2,1-2H3,(H,36,37)/p+1/t23-/m1/s1. The molecule has 5 rings (SSSR count). The van der Waals surface area contributed by atoms with Gasteiger partial charge in [0.1, 0.15) is 10.0 Å². The van der Waals surface area contributed by atoms with Gasteiger partial charge in [-0.1, -0.05) is 53.5 Å². The van der Waals surface area contributed by atoms with Crippen molar-refractivity contribution in [2.45, 2.75) is 18.9 Å². The Kier molecular flexibility index (Phi) is 8.91. The second-order valence-corrected chi connectivity index (χ2v) is 10.3. The number of aromatic nitrogens is 3. The van der Waals surface area contributed by atoms with Crippen molar-refractivity contribution in [1.82, 2.24) is 10.2 Å². The number of benzene rings is 3. The van der Waals surface area contributed by atoms with E-state index >= 15 is 0 Å². The number of ether oxygens (including phenoxy) is 3. The summed E-state index contributed by atoms with van der Waals surface area (Å²) in [6, 6.07) is 18.9. The van der Waals surface area contributed by atoms with Crippen LogP contribution in [0.2, 0.25) is 10.0 Å². The fourth-order valence-electron chi connectivity index (χ4n) is 4.68. The van der Waals surface area contributed by atoms with Crippen LogP contribution in [0.4, 0.5) is 5.69 Å². The number of para-hydroxylation sites is 1. The number of carbonyl (C=O) groups is 1. The number of H-pyrrole nitrogens is 2. The van der Waals surface area contributed by atoms with Gasteiger partial charge in [0, 0.05) is 23.4 Å². The first-order valence-electron chi connectivity index (χ1n) is 12.9. The van der Waals surface area contributed by atoms with E-state index in [4.69, 9.17) is 37.4 Å². The molecule has 0 unspecified atom stereocenters. The van der Waals surface area contributed by atoms with E-state index in [0.717, 1.165) is 33.3 Å². The highest BCUT2D eigenvalue weighted by molar-refractivity contribution is 6.35. The third kappa shape index (κ3) is 6.56. The van der Waals surface area contributed by atoms with Gasteiger partial charge in [-0.3, -0.25) is 5.10 Å². The molecule has 10 heteroatoms. The summed E-state index contributed by atoms with van der Waals surface area (Å²) in [6.07, 6.45) is 5.57. The number of fused-ring (bicyclic) bond motifs is 1. The molecule has 41 heavy (non-hydrogen) atoms. The molecule has 3 N–H and O–H groups in total. The smallest absolute Gasteiger partial charge is 0.338 e. The first-order chi connectivity index (χ1) is 20.0. The van der Waals surface area contributed by atoms with E-state index in [2.05, 4.69) is 20.5 Å². The lowest BCUT2D eigenvalue weighted by Crippen LogP contribution is -2.17. The number of hydrogen-bond donors (Lipinski definition) is 2. The Labute approximate surface area is 247 Å². The lowest BCUT2D eigenvalue weighted by atomic mass is 9.92. The van der Waals surface area contributed by atoms with Gasteiger partial charge in [-0.25, -0.2) is 9.78 Å². The summed E-state index contributed by atoms with van der Waals surface area (Å²) in [5, 5.41) is 12.6. The number of esters is 1. The normalized spacial score (nSPS) is 11.7. The van der Waals surface area contributed by atoms with Gasteiger partial charge in [0.2, 0.25) is 0 Å². The van der Waals surface area contributed by atoms with Crippen molar-refractivity contribution in [3.8, 4) is 11.5 Å². The van der Waals surface area contributed by atoms with Crippen LogP contribution < -0.4 is 19.8 Å². The maximum absolute atomic E-state index is 13.2. The van der Waals surface area contributed by atoms with Crippen molar-refractivity contribution in [2.24, 2.45) is 0 Å². The predicted molar refractivity (Wildman–Crippen MR) is 159 cm³/mol. The van der Waals surface area contributed by atoms with Gasteiger partial charge in [0.15, 0.2) is 23.9 Å². The molecule has 0 aliphatic carbocycles. The summed E-state index contributed by atoms with van der Waals surface area (Å²) in [5.74, 6) is 0.500. The van der Waals surface area contributed by atoms with Crippen molar-refractivity contribution < 1.29 is 24.0 Å². The first kappa shape index (κ1) is 28.3. The molecule has 8 nitrogen and oxygen atoms in total. The van der Waals surface area contributed by atoms with Gasteiger partial charge in [-0.2, -0.15) is 5.10 Å². The lowest BCUT2D eigenvalue weighted by molar-refractivity contribution is -0.377. The first-order valence-corrected chi connectivity index (χ1v) is 13.7. The van der Waals surface area contributed by atoms with Gasteiger partial charge >= 0.3 is 5.97 Å². The monoisotopic (exact) mass is 591 g/mol. The topological polar surface area (TPSA) is 99.6 Å². The maximum atomic E-state index is 13.2. The van der Waals surface area contributed by atoms with Crippen LogP contribution in [0.15, 0.2) is 79.3 Å². The number of methoxy groups -OCH3 is 2. The summed E-state index contributed by atoms with van der Waals surface area (Å²) in [7, 11) is 3.16. The summed E-state index contributed by atoms with van der Waals surface area (Å²) < 4.78 is 16.8. The Morgan fingerprint density at radius 3 is 2.56 bits per heavy atom. The number of carbonyl (C=O) groups excluding carboxylic acids is 1. The SMILES string of the molecule is COc1ccc([C@@H](COC(=O)c2cccc(CNc3cccc4cn[nH]c34)c2)Cc2c(Cl)c[nH+]cc2Cl)cc1OC. The van der Waals surface area contributed by atoms with Crippen molar-refractivity contribution in [1.29, 1.82) is 0 Å². The quantitative estimate of drug-likeness (QED) is 0.170. The number of rotatable bonds is 11. The molecule has 0 saturated heterocycles.